The molecule has 0 radical (unpaired) electrons. The number of hydrogen-bond acceptors (Lipinski definition) is 3. The molecule has 6 heavy (non-hydrogen) atoms. The lowest BCUT2D eigenvalue weighted by Gasteiger charge is -1.68. The van der Waals surface area contributed by atoms with Crippen LogP contribution in [0.15, 0.2) is 4.40 Å². The molecule has 0 fully saturated rings. The van der Waals surface area contributed by atoms with Crippen LogP contribution < -0.4 is 0 Å². The zero-order chi connectivity index (χ0) is 4.83. The van der Waals surface area contributed by atoms with E-state index in [0.717, 1.165) is 6.21 Å². The SMILES string of the molecule is CS/N=C\C=N. The fourth-order valence-corrected chi connectivity index (χ4v) is 0.274. The molecule has 0 aromatic carbocycles. The van der Waals surface area contributed by atoms with Crippen LogP contribution >= 0.6 is 11.9 Å². The van der Waals surface area contributed by atoms with E-state index in [2.05, 4.69) is 4.40 Å². The average molecular weight is 102 g/mol. The van der Waals surface area contributed by atoms with Crippen LogP contribution in [0.1, 0.15) is 0 Å². The van der Waals surface area contributed by atoms with Gasteiger partial charge < -0.3 is 5.41 Å². The summed E-state index contributed by atoms with van der Waals surface area (Å²) in [5.74, 6) is 0. The standard InChI is InChI=1S/C3H6N2S/c1-6-5-3-2-4/h2-4H,1H3/b4-2?,5-3-. The molecule has 2 nitrogen and oxygen atoms in total. The van der Waals surface area contributed by atoms with Gasteiger partial charge in [-0.15, -0.1) is 0 Å². The molecular formula is C3H6N2S. The highest BCUT2D eigenvalue weighted by Crippen LogP contribution is 1.86. The van der Waals surface area contributed by atoms with Crippen LogP contribution in [-0.2, 0) is 0 Å². The predicted octanol–water partition coefficient (Wildman–Crippen LogP) is 0.985. The van der Waals surface area contributed by atoms with Crippen LogP contribution in [0.25, 0.3) is 0 Å². The normalized spacial score (nSPS) is 9.50. The fourth-order valence-electron chi connectivity index (χ4n) is 0.0913. The zero-order valence-electron chi connectivity index (χ0n) is 3.51. The molecule has 0 bridgehead atoms. The molecule has 0 aromatic heterocycles. The average Bonchev–Trinajstić information content (AvgIpc) is 1.61. The van der Waals surface area contributed by atoms with E-state index in [1.54, 1.807) is 0 Å². The molecule has 0 saturated carbocycles. The summed E-state index contributed by atoms with van der Waals surface area (Å²) in [6, 6.07) is 0. The molecule has 0 unspecified atom stereocenters. The summed E-state index contributed by atoms with van der Waals surface area (Å²) in [4.78, 5) is 0. The van der Waals surface area contributed by atoms with Gasteiger partial charge in [-0.25, -0.2) is 4.40 Å². The lowest BCUT2D eigenvalue weighted by molar-refractivity contribution is 1.59. The molecular weight excluding hydrogens is 96.1 g/mol. The molecule has 0 aromatic rings. The molecule has 0 saturated heterocycles. The summed E-state index contributed by atoms with van der Waals surface area (Å²) in [7, 11) is 0. The molecule has 0 atom stereocenters. The summed E-state index contributed by atoms with van der Waals surface area (Å²) >= 11 is 1.34. The van der Waals surface area contributed by atoms with Crippen molar-refractivity contribution in [1.29, 1.82) is 5.41 Å². The van der Waals surface area contributed by atoms with E-state index in [-0.39, 0.29) is 0 Å². The van der Waals surface area contributed by atoms with Crippen molar-refractivity contribution in [3.8, 4) is 0 Å². The Kier molecular flexibility index (Phi) is 4.45. The molecule has 0 aliphatic rings. The van der Waals surface area contributed by atoms with Gasteiger partial charge in [0, 0.05) is 12.5 Å². The Morgan fingerprint density at radius 3 is 2.67 bits per heavy atom. The lowest BCUT2D eigenvalue weighted by atomic mass is 10.9. The van der Waals surface area contributed by atoms with Gasteiger partial charge in [-0.3, -0.25) is 0 Å². The topological polar surface area (TPSA) is 36.2 Å². The van der Waals surface area contributed by atoms with Crippen molar-refractivity contribution in [3.63, 3.8) is 0 Å². The highest BCUT2D eigenvalue weighted by molar-refractivity contribution is 7.97. The third-order valence-corrected chi connectivity index (χ3v) is 0.573. The minimum absolute atomic E-state index is 1.15. The summed E-state index contributed by atoms with van der Waals surface area (Å²) in [5, 5.41) is 6.42. The molecule has 0 amide bonds. The molecule has 0 rings (SSSR count). The number of nitrogens with zero attached hydrogens (tertiary/aromatic N) is 1. The first-order chi connectivity index (χ1) is 2.91. The molecule has 0 spiro atoms. The van der Waals surface area contributed by atoms with Gasteiger partial charge in [-0.05, 0) is 11.9 Å². The Morgan fingerprint density at radius 1 is 1.83 bits per heavy atom. The highest BCUT2D eigenvalue weighted by Gasteiger charge is 1.56. The Balaban J connectivity index is 2.94. The van der Waals surface area contributed by atoms with E-state index < -0.39 is 0 Å². The maximum Gasteiger partial charge on any atom is 0.0527 e. The van der Waals surface area contributed by atoms with Gasteiger partial charge in [-0.2, -0.15) is 0 Å². The van der Waals surface area contributed by atoms with Crippen LogP contribution in [0, 0.1) is 5.41 Å². The van der Waals surface area contributed by atoms with E-state index in [1.807, 2.05) is 6.26 Å². The minimum Gasteiger partial charge on any atom is -0.307 e. The minimum atomic E-state index is 1.15. The third kappa shape index (κ3) is 3.69. The van der Waals surface area contributed by atoms with E-state index in [4.69, 9.17) is 5.41 Å². The second kappa shape index (κ2) is 4.69. The Bertz CT molecular complexity index is 59.8. The Hall–Kier alpha value is -0.310. The Morgan fingerprint density at radius 2 is 2.50 bits per heavy atom. The largest absolute Gasteiger partial charge is 0.307 e. The van der Waals surface area contributed by atoms with Crippen molar-refractivity contribution in [3.05, 3.63) is 0 Å². The van der Waals surface area contributed by atoms with E-state index >= 15 is 0 Å². The second-order valence-corrected chi connectivity index (χ2v) is 1.18. The third-order valence-electron chi connectivity index (χ3n) is 0.241. The number of rotatable bonds is 2. The monoisotopic (exact) mass is 102 g/mol. The van der Waals surface area contributed by atoms with Crippen molar-refractivity contribution >= 4 is 24.4 Å². The maximum atomic E-state index is 6.42. The van der Waals surface area contributed by atoms with Gasteiger partial charge in [0.05, 0.1) is 6.21 Å². The fraction of sp³-hybridized carbons (Fsp3) is 0.333. The first-order valence-electron chi connectivity index (χ1n) is 1.47. The number of hydrogen-bond donors (Lipinski definition) is 1. The van der Waals surface area contributed by atoms with Crippen molar-refractivity contribution in [2.45, 2.75) is 0 Å². The van der Waals surface area contributed by atoms with Gasteiger partial charge in [0.2, 0.25) is 0 Å². The van der Waals surface area contributed by atoms with Crippen LogP contribution in [0.5, 0.6) is 0 Å². The maximum absolute atomic E-state index is 6.42. The van der Waals surface area contributed by atoms with Gasteiger partial charge in [0.1, 0.15) is 0 Å². The summed E-state index contributed by atoms with van der Waals surface area (Å²) in [5.41, 5.74) is 0. The highest BCUT2D eigenvalue weighted by atomic mass is 32.2. The van der Waals surface area contributed by atoms with Crippen LogP contribution in [0.4, 0.5) is 0 Å². The molecule has 0 aliphatic carbocycles. The molecule has 0 heterocycles. The van der Waals surface area contributed by atoms with Crippen LogP contribution in [0.3, 0.4) is 0 Å². The second-order valence-electron chi connectivity index (χ2n) is 0.604. The van der Waals surface area contributed by atoms with Gasteiger partial charge in [0.15, 0.2) is 0 Å². The smallest absolute Gasteiger partial charge is 0.0527 e. The van der Waals surface area contributed by atoms with E-state index in [0.29, 0.717) is 0 Å². The lowest BCUT2D eigenvalue weighted by Crippen LogP contribution is -1.64. The summed E-state index contributed by atoms with van der Waals surface area (Å²) in [6.45, 7) is 0. The first kappa shape index (κ1) is 5.69. The van der Waals surface area contributed by atoms with Crippen molar-refractivity contribution in [1.82, 2.24) is 0 Å². The summed E-state index contributed by atoms with van der Waals surface area (Å²) < 4.78 is 3.64. The van der Waals surface area contributed by atoms with Crippen molar-refractivity contribution in [2.75, 3.05) is 6.26 Å². The Labute approximate surface area is 41.3 Å². The molecule has 34 valence electrons. The quantitative estimate of drug-likeness (QED) is 0.409. The first-order valence-corrected chi connectivity index (χ1v) is 2.65. The van der Waals surface area contributed by atoms with Crippen molar-refractivity contribution < 1.29 is 0 Å². The van der Waals surface area contributed by atoms with Gasteiger partial charge in [0.25, 0.3) is 0 Å². The van der Waals surface area contributed by atoms with Gasteiger partial charge in [-0.1, -0.05) is 0 Å². The zero-order valence-corrected chi connectivity index (χ0v) is 4.33. The molecule has 1 N–H and O–H groups in total. The van der Waals surface area contributed by atoms with Crippen molar-refractivity contribution in [2.24, 2.45) is 4.40 Å². The summed E-state index contributed by atoms with van der Waals surface area (Å²) in [6.07, 6.45) is 4.43. The van der Waals surface area contributed by atoms with Gasteiger partial charge >= 0.3 is 0 Å². The number of nitrogens with one attached hydrogen (secondary N) is 1. The van der Waals surface area contributed by atoms with E-state index in [9.17, 15) is 0 Å². The molecule has 3 heteroatoms. The van der Waals surface area contributed by atoms with Crippen LogP contribution in [0.2, 0.25) is 0 Å². The molecule has 0 aliphatic heterocycles. The van der Waals surface area contributed by atoms with Crippen LogP contribution in [-0.4, -0.2) is 18.7 Å². The predicted molar refractivity (Wildman–Crippen MR) is 30.8 cm³/mol. The van der Waals surface area contributed by atoms with E-state index in [1.165, 1.54) is 18.2 Å².